The molecule has 76 valence electrons. The molecule has 0 spiro atoms. The second kappa shape index (κ2) is 4.60. The molecule has 1 aromatic carbocycles. The van der Waals surface area contributed by atoms with Crippen LogP contribution < -0.4 is 4.90 Å². The Bertz CT molecular complexity index is 347. The van der Waals surface area contributed by atoms with Crippen LogP contribution >= 0.6 is 15.9 Å². The van der Waals surface area contributed by atoms with E-state index in [1.54, 1.807) is 6.07 Å². The van der Waals surface area contributed by atoms with Crippen LogP contribution in [0.1, 0.15) is 5.56 Å². The molecule has 0 saturated heterocycles. The van der Waals surface area contributed by atoms with E-state index in [2.05, 4.69) is 22.5 Å². The maximum Gasteiger partial charge on any atom is 0.125 e. The number of hydrogen-bond donors (Lipinski definition) is 0. The summed E-state index contributed by atoms with van der Waals surface area (Å²) in [4.78, 5) is 1.88. The summed E-state index contributed by atoms with van der Waals surface area (Å²) < 4.78 is 13.0. The van der Waals surface area contributed by atoms with Crippen LogP contribution in [0.5, 0.6) is 0 Å². The molecule has 0 aliphatic rings. The van der Waals surface area contributed by atoms with Crippen molar-refractivity contribution in [3.63, 3.8) is 0 Å². The van der Waals surface area contributed by atoms with E-state index in [-0.39, 0.29) is 5.82 Å². The largest absolute Gasteiger partial charge is 0.377 e. The van der Waals surface area contributed by atoms with Crippen LogP contribution in [0.3, 0.4) is 0 Å². The van der Waals surface area contributed by atoms with Crippen LogP contribution in [0.25, 0.3) is 5.57 Å². The van der Waals surface area contributed by atoms with Crippen molar-refractivity contribution in [3.8, 4) is 0 Å². The average molecular weight is 258 g/mol. The summed E-state index contributed by atoms with van der Waals surface area (Å²) in [6.45, 7) is 3.92. The molecule has 0 aliphatic heterocycles. The van der Waals surface area contributed by atoms with Crippen LogP contribution in [0, 0.1) is 5.82 Å². The molecule has 0 radical (unpaired) electrons. The molecule has 0 unspecified atom stereocenters. The van der Waals surface area contributed by atoms with E-state index in [1.807, 2.05) is 19.0 Å². The van der Waals surface area contributed by atoms with Gasteiger partial charge in [-0.25, -0.2) is 4.39 Å². The van der Waals surface area contributed by atoms with Gasteiger partial charge in [-0.3, -0.25) is 0 Å². The van der Waals surface area contributed by atoms with Gasteiger partial charge in [0.15, 0.2) is 0 Å². The molecule has 1 nitrogen and oxygen atoms in total. The van der Waals surface area contributed by atoms with Crippen molar-refractivity contribution in [2.45, 2.75) is 0 Å². The van der Waals surface area contributed by atoms with Crippen molar-refractivity contribution >= 4 is 27.2 Å². The zero-order valence-corrected chi connectivity index (χ0v) is 9.94. The Morgan fingerprint density at radius 2 is 2.14 bits per heavy atom. The van der Waals surface area contributed by atoms with Crippen molar-refractivity contribution in [2.24, 2.45) is 0 Å². The number of allylic oxidation sites excluding steroid dienone is 1. The Morgan fingerprint density at radius 1 is 1.50 bits per heavy atom. The molecule has 14 heavy (non-hydrogen) atoms. The molecule has 0 bridgehead atoms. The van der Waals surface area contributed by atoms with Crippen LogP contribution in [0.15, 0.2) is 24.8 Å². The average Bonchev–Trinajstić information content (AvgIpc) is 2.16. The maximum absolute atomic E-state index is 13.0. The van der Waals surface area contributed by atoms with Gasteiger partial charge in [0.2, 0.25) is 0 Å². The molecule has 0 aliphatic carbocycles. The zero-order valence-electron chi connectivity index (χ0n) is 8.35. The van der Waals surface area contributed by atoms with Crippen molar-refractivity contribution in [3.05, 3.63) is 36.2 Å². The lowest BCUT2D eigenvalue weighted by atomic mass is 10.1. The molecule has 3 heteroatoms. The first kappa shape index (κ1) is 11.2. The van der Waals surface area contributed by atoms with E-state index in [4.69, 9.17) is 0 Å². The molecule has 1 aromatic rings. The first-order chi connectivity index (χ1) is 6.56. The highest BCUT2D eigenvalue weighted by Crippen LogP contribution is 2.26. The second-order valence-corrected chi connectivity index (χ2v) is 3.85. The third-order valence-electron chi connectivity index (χ3n) is 1.98. The van der Waals surface area contributed by atoms with Gasteiger partial charge in [0.05, 0.1) is 0 Å². The summed E-state index contributed by atoms with van der Waals surface area (Å²) >= 11 is 3.34. The van der Waals surface area contributed by atoms with Gasteiger partial charge >= 0.3 is 0 Å². The summed E-state index contributed by atoms with van der Waals surface area (Å²) in [6, 6.07) is 4.73. The molecule has 0 saturated carbocycles. The minimum absolute atomic E-state index is 0.222. The fourth-order valence-corrected chi connectivity index (χ4v) is 1.55. The minimum Gasteiger partial charge on any atom is -0.377 e. The highest BCUT2D eigenvalue weighted by Gasteiger charge is 2.07. The predicted octanol–water partition coefficient (Wildman–Crippen LogP) is 3.30. The molecule has 0 heterocycles. The van der Waals surface area contributed by atoms with Gasteiger partial charge in [-0.2, -0.15) is 0 Å². The van der Waals surface area contributed by atoms with Gasteiger partial charge in [0, 0.05) is 30.7 Å². The fourth-order valence-electron chi connectivity index (χ4n) is 1.25. The number of hydrogen-bond acceptors (Lipinski definition) is 1. The number of benzene rings is 1. The topological polar surface area (TPSA) is 3.24 Å². The SMILES string of the molecule is C=C(CBr)c1ccc(F)cc1N(C)C. The fraction of sp³-hybridized carbons (Fsp3) is 0.273. The van der Waals surface area contributed by atoms with Gasteiger partial charge in [-0.05, 0) is 23.8 Å². The molecule has 1 rings (SSSR count). The lowest BCUT2D eigenvalue weighted by Gasteiger charge is -2.18. The van der Waals surface area contributed by atoms with E-state index >= 15 is 0 Å². The molecule has 0 aromatic heterocycles. The molecule has 0 atom stereocenters. The van der Waals surface area contributed by atoms with Crippen LogP contribution in [0.4, 0.5) is 10.1 Å². The summed E-state index contributed by atoms with van der Waals surface area (Å²) in [5, 5.41) is 0.694. The molecule has 0 fully saturated rings. The Hall–Kier alpha value is -0.830. The predicted molar refractivity (Wildman–Crippen MR) is 63.6 cm³/mol. The molecule has 0 N–H and O–H groups in total. The smallest absolute Gasteiger partial charge is 0.125 e. The van der Waals surface area contributed by atoms with Gasteiger partial charge < -0.3 is 4.90 Å². The Morgan fingerprint density at radius 3 is 2.64 bits per heavy atom. The van der Waals surface area contributed by atoms with Crippen molar-refractivity contribution < 1.29 is 4.39 Å². The van der Waals surface area contributed by atoms with E-state index in [0.29, 0.717) is 5.33 Å². The van der Waals surface area contributed by atoms with Crippen molar-refractivity contribution in [2.75, 3.05) is 24.3 Å². The first-order valence-corrected chi connectivity index (χ1v) is 5.39. The highest BCUT2D eigenvalue weighted by molar-refractivity contribution is 9.09. The lowest BCUT2D eigenvalue weighted by molar-refractivity contribution is 0.627. The van der Waals surface area contributed by atoms with Gasteiger partial charge in [0.1, 0.15) is 5.82 Å². The number of rotatable bonds is 3. The number of anilines is 1. The normalized spacial score (nSPS) is 10.0. The zero-order chi connectivity index (χ0) is 10.7. The van der Waals surface area contributed by atoms with E-state index in [9.17, 15) is 4.39 Å². The van der Waals surface area contributed by atoms with Crippen LogP contribution in [-0.2, 0) is 0 Å². The monoisotopic (exact) mass is 257 g/mol. The minimum atomic E-state index is -0.222. The Labute approximate surface area is 92.4 Å². The molecular formula is C11H13BrFN. The van der Waals surface area contributed by atoms with E-state index < -0.39 is 0 Å². The Balaban J connectivity index is 3.21. The number of alkyl halides is 1. The quantitative estimate of drug-likeness (QED) is 0.752. The first-order valence-electron chi connectivity index (χ1n) is 4.27. The van der Waals surface area contributed by atoms with Gasteiger partial charge in [0.25, 0.3) is 0 Å². The molecule has 0 amide bonds. The molecular weight excluding hydrogens is 245 g/mol. The van der Waals surface area contributed by atoms with E-state index in [0.717, 1.165) is 16.8 Å². The number of halogens is 2. The van der Waals surface area contributed by atoms with Crippen LogP contribution in [0.2, 0.25) is 0 Å². The summed E-state index contributed by atoms with van der Waals surface area (Å²) in [7, 11) is 3.78. The third-order valence-corrected chi connectivity index (χ3v) is 2.66. The van der Waals surface area contributed by atoms with Gasteiger partial charge in [-0.15, -0.1) is 0 Å². The van der Waals surface area contributed by atoms with Gasteiger partial charge in [-0.1, -0.05) is 22.5 Å². The van der Waals surface area contributed by atoms with Crippen molar-refractivity contribution in [1.29, 1.82) is 0 Å². The van der Waals surface area contributed by atoms with Crippen molar-refractivity contribution in [1.82, 2.24) is 0 Å². The summed E-state index contributed by atoms with van der Waals surface area (Å²) in [6.07, 6.45) is 0. The maximum atomic E-state index is 13.0. The third kappa shape index (κ3) is 2.35. The van der Waals surface area contributed by atoms with E-state index in [1.165, 1.54) is 12.1 Å². The highest BCUT2D eigenvalue weighted by atomic mass is 79.9. The van der Waals surface area contributed by atoms with Crippen LogP contribution in [-0.4, -0.2) is 19.4 Å². The number of nitrogens with zero attached hydrogens (tertiary/aromatic N) is 1. The Kier molecular flexibility index (Phi) is 3.69. The summed E-state index contributed by atoms with van der Waals surface area (Å²) in [5.74, 6) is -0.222. The second-order valence-electron chi connectivity index (χ2n) is 3.29. The summed E-state index contributed by atoms with van der Waals surface area (Å²) in [5.41, 5.74) is 2.79. The lowest BCUT2D eigenvalue weighted by Crippen LogP contribution is -2.11. The standard InChI is InChI=1S/C11H13BrFN/c1-8(7-12)10-5-4-9(13)6-11(10)14(2)3/h4-6H,1,7H2,2-3H3.